The van der Waals surface area contributed by atoms with Gasteiger partial charge in [-0.15, -0.1) is 0 Å². The second-order valence-electron chi connectivity index (χ2n) is 6.19. The van der Waals surface area contributed by atoms with Gasteiger partial charge >= 0.3 is 0 Å². The lowest BCUT2D eigenvalue weighted by Crippen LogP contribution is -2.54. The Hall–Kier alpha value is -0.570. The van der Waals surface area contributed by atoms with Crippen molar-refractivity contribution in [3.8, 4) is 0 Å². The molecule has 2 unspecified atom stereocenters. The lowest BCUT2D eigenvalue weighted by Gasteiger charge is -2.40. The predicted octanol–water partition coefficient (Wildman–Crippen LogP) is 2.23. The number of aliphatic hydroxyl groups is 1. The van der Waals surface area contributed by atoms with Crippen molar-refractivity contribution in [2.45, 2.75) is 63.8 Å². The lowest BCUT2D eigenvalue weighted by molar-refractivity contribution is -0.126. The summed E-state index contributed by atoms with van der Waals surface area (Å²) < 4.78 is 0. The Labute approximate surface area is 104 Å². The van der Waals surface area contributed by atoms with Gasteiger partial charge in [-0.3, -0.25) is 4.79 Å². The molecule has 98 valence electrons. The molecular formula is C14H25NO2. The van der Waals surface area contributed by atoms with Crippen LogP contribution in [0.3, 0.4) is 0 Å². The van der Waals surface area contributed by atoms with Crippen LogP contribution in [0.15, 0.2) is 0 Å². The molecule has 0 heterocycles. The summed E-state index contributed by atoms with van der Waals surface area (Å²) in [6, 6.07) is 0. The molecule has 2 aliphatic rings. The number of hydrogen-bond donors (Lipinski definition) is 2. The highest BCUT2D eigenvalue weighted by molar-refractivity contribution is 5.77. The van der Waals surface area contributed by atoms with E-state index in [9.17, 15) is 9.90 Å². The molecule has 2 saturated carbocycles. The van der Waals surface area contributed by atoms with E-state index in [0.717, 1.165) is 19.3 Å². The van der Waals surface area contributed by atoms with Gasteiger partial charge in [-0.25, -0.2) is 0 Å². The average molecular weight is 239 g/mol. The molecule has 2 atom stereocenters. The Bertz CT molecular complexity index is 275. The summed E-state index contributed by atoms with van der Waals surface area (Å²) in [5, 5.41) is 12.7. The zero-order chi connectivity index (χ0) is 12.3. The van der Waals surface area contributed by atoms with Crippen molar-refractivity contribution >= 4 is 5.91 Å². The van der Waals surface area contributed by atoms with Crippen LogP contribution in [-0.2, 0) is 4.79 Å². The van der Waals surface area contributed by atoms with Crippen LogP contribution in [0.2, 0.25) is 0 Å². The second-order valence-corrected chi connectivity index (χ2v) is 6.19. The molecule has 2 aliphatic carbocycles. The SMILES string of the molecule is CC1CCCC(CO)(NC(=O)CC2CCC2)C1. The van der Waals surface area contributed by atoms with E-state index in [1.807, 2.05) is 0 Å². The van der Waals surface area contributed by atoms with E-state index in [1.165, 1.54) is 25.7 Å². The Kier molecular flexibility index (Phi) is 4.08. The van der Waals surface area contributed by atoms with Crippen LogP contribution < -0.4 is 5.32 Å². The summed E-state index contributed by atoms with van der Waals surface area (Å²) in [6.45, 7) is 2.30. The normalized spacial score (nSPS) is 34.1. The summed E-state index contributed by atoms with van der Waals surface area (Å²) in [6.07, 6.45) is 8.55. The van der Waals surface area contributed by atoms with Gasteiger partial charge in [-0.05, 0) is 37.5 Å². The van der Waals surface area contributed by atoms with Crippen molar-refractivity contribution in [3.63, 3.8) is 0 Å². The maximum absolute atomic E-state index is 12.0. The first-order valence-electron chi connectivity index (χ1n) is 7.05. The Balaban J connectivity index is 1.86. The molecule has 17 heavy (non-hydrogen) atoms. The molecule has 1 amide bonds. The molecule has 0 aromatic rings. The summed E-state index contributed by atoms with van der Waals surface area (Å²) in [7, 11) is 0. The topological polar surface area (TPSA) is 49.3 Å². The molecule has 2 N–H and O–H groups in total. The van der Waals surface area contributed by atoms with Gasteiger partial charge in [-0.2, -0.15) is 0 Å². The highest BCUT2D eigenvalue weighted by Crippen LogP contribution is 2.33. The molecule has 0 radical (unpaired) electrons. The van der Waals surface area contributed by atoms with Crippen LogP contribution in [0.4, 0.5) is 0 Å². The third kappa shape index (κ3) is 3.21. The van der Waals surface area contributed by atoms with Crippen LogP contribution in [0.1, 0.15) is 58.3 Å². The first-order chi connectivity index (χ1) is 8.13. The fourth-order valence-corrected chi connectivity index (χ4v) is 3.26. The van der Waals surface area contributed by atoms with Crippen LogP contribution in [0.5, 0.6) is 0 Å². The summed E-state index contributed by atoms with van der Waals surface area (Å²) in [4.78, 5) is 12.0. The van der Waals surface area contributed by atoms with E-state index < -0.39 is 0 Å². The van der Waals surface area contributed by atoms with Gasteiger partial charge in [0.2, 0.25) is 5.91 Å². The largest absolute Gasteiger partial charge is 0.394 e. The zero-order valence-electron chi connectivity index (χ0n) is 10.9. The van der Waals surface area contributed by atoms with Crippen LogP contribution in [-0.4, -0.2) is 23.2 Å². The predicted molar refractivity (Wildman–Crippen MR) is 67.5 cm³/mol. The molecule has 0 spiro atoms. The lowest BCUT2D eigenvalue weighted by atomic mass is 9.76. The number of hydrogen-bond acceptors (Lipinski definition) is 2. The van der Waals surface area contributed by atoms with Crippen LogP contribution in [0, 0.1) is 11.8 Å². The number of carbonyl (C=O) groups is 1. The first-order valence-corrected chi connectivity index (χ1v) is 7.05. The van der Waals surface area contributed by atoms with E-state index >= 15 is 0 Å². The van der Waals surface area contributed by atoms with Crippen LogP contribution in [0.25, 0.3) is 0 Å². The maximum atomic E-state index is 12.0. The molecule has 2 fully saturated rings. The monoisotopic (exact) mass is 239 g/mol. The first kappa shape index (κ1) is 12.9. The third-order valence-corrected chi connectivity index (χ3v) is 4.50. The summed E-state index contributed by atoms with van der Waals surface area (Å²) in [5.74, 6) is 1.37. The molecule has 3 nitrogen and oxygen atoms in total. The van der Waals surface area contributed by atoms with Gasteiger partial charge in [0.05, 0.1) is 12.1 Å². The summed E-state index contributed by atoms with van der Waals surface area (Å²) in [5.41, 5.74) is -0.321. The van der Waals surface area contributed by atoms with Crippen molar-refractivity contribution in [3.05, 3.63) is 0 Å². The van der Waals surface area contributed by atoms with E-state index in [-0.39, 0.29) is 18.1 Å². The molecule has 0 aromatic carbocycles. The Morgan fingerprint density at radius 3 is 2.65 bits per heavy atom. The molecule has 2 rings (SSSR count). The highest BCUT2D eigenvalue weighted by Gasteiger charge is 2.36. The zero-order valence-corrected chi connectivity index (χ0v) is 10.9. The fourth-order valence-electron chi connectivity index (χ4n) is 3.26. The minimum absolute atomic E-state index is 0.0910. The van der Waals surface area contributed by atoms with Crippen molar-refractivity contribution in [2.75, 3.05) is 6.61 Å². The molecule has 3 heteroatoms. The van der Waals surface area contributed by atoms with Gasteiger partial charge in [-0.1, -0.05) is 26.2 Å². The van der Waals surface area contributed by atoms with E-state index in [4.69, 9.17) is 0 Å². The number of carbonyl (C=O) groups excluding carboxylic acids is 1. The van der Waals surface area contributed by atoms with Crippen molar-refractivity contribution < 1.29 is 9.90 Å². The van der Waals surface area contributed by atoms with Gasteiger partial charge in [0.1, 0.15) is 0 Å². The smallest absolute Gasteiger partial charge is 0.220 e. The molecule has 0 bridgehead atoms. The fraction of sp³-hybridized carbons (Fsp3) is 0.929. The molecule has 0 saturated heterocycles. The number of rotatable bonds is 4. The number of amides is 1. The standard InChI is InChI=1S/C14H25NO2/c1-11-4-3-7-14(9-11,10-16)15-13(17)8-12-5-2-6-12/h11-12,16H,2-10H2,1H3,(H,15,17). The molecule has 0 aromatic heterocycles. The Morgan fingerprint density at radius 1 is 1.35 bits per heavy atom. The summed E-state index contributed by atoms with van der Waals surface area (Å²) >= 11 is 0. The van der Waals surface area contributed by atoms with E-state index in [1.54, 1.807) is 0 Å². The van der Waals surface area contributed by atoms with Gasteiger partial charge in [0.15, 0.2) is 0 Å². The van der Waals surface area contributed by atoms with E-state index in [2.05, 4.69) is 12.2 Å². The minimum atomic E-state index is -0.321. The van der Waals surface area contributed by atoms with Gasteiger partial charge in [0, 0.05) is 6.42 Å². The Morgan fingerprint density at radius 2 is 2.12 bits per heavy atom. The van der Waals surface area contributed by atoms with E-state index in [0.29, 0.717) is 18.3 Å². The molecule has 0 aliphatic heterocycles. The number of nitrogens with one attached hydrogen (secondary N) is 1. The third-order valence-electron chi connectivity index (χ3n) is 4.50. The highest BCUT2D eigenvalue weighted by atomic mass is 16.3. The quantitative estimate of drug-likeness (QED) is 0.790. The molecular weight excluding hydrogens is 214 g/mol. The maximum Gasteiger partial charge on any atom is 0.220 e. The van der Waals surface area contributed by atoms with Crippen molar-refractivity contribution in [2.24, 2.45) is 11.8 Å². The van der Waals surface area contributed by atoms with Gasteiger partial charge < -0.3 is 10.4 Å². The second kappa shape index (κ2) is 5.38. The van der Waals surface area contributed by atoms with Crippen molar-refractivity contribution in [1.82, 2.24) is 5.32 Å². The van der Waals surface area contributed by atoms with Gasteiger partial charge in [0.25, 0.3) is 0 Å². The number of aliphatic hydroxyl groups excluding tert-OH is 1. The van der Waals surface area contributed by atoms with Crippen molar-refractivity contribution in [1.29, 1.82) is 0 Å². The minimum Gasteiger partial charge on any atom is -0.394 e. The van der Waals surface area contributed by atoms with Crippen LogP contribution >= 0.6 is 0 Å². The average Bonchev–Trinajstić information content (AvgIpc) is 2.23.